The Morgan fingerprint density at radius 2 is 2.18 bits per heavy atom. The quantitative estimate of drug-likeness (QED) is 0.630. The second kappa shape index (κ2) is 4.46. The molecule has 2 nitrogen and oxygen atoms in total. The lowest BCUT2D eigenvalue weighted by molar-refractivity contribution is 0.582. The van der Waals surface area contributed by atoms with Crippen molar-refractivity contribution in [2.75, 3.05) is 0 Å². The van der Waals surface area contributed by atoms with E-state index in [2.05, 4.69) is 4.98 Å². The molecule has 0 spiro atoms. The molecule has 0 unspecified atom stereocenters. The van der Waals surface area contributed by atoms with Gasteiger partial charge in [0.25, 0.3) is 0 Å². The fourth-order valence-electron chi connectivity index (χ4n) is 1.43. The SMILES string of the molecule is Clc1cc(-c2csc(-c3ccco3)n2)c(Cl)s1. The Morgan fingerprint density at radius 1 is 1.29 bits per heavy atom. The molecule has 0 bridgehead atoms. The van der Waals surface area contributed by atoms with Crippen LogP contribution in [-0.4, -0.2) is 4.98 Å². The Kier molecular flexibility index (Phi) is 2.96. The van der Waals surface area contributed by atoms with Gasteiger partial charge in [0.1, 0.15) is 4.34 Å². The van der Waals surface area contributed by atoms with Gasteiger partial charge in [-0.2, -0.15) is 0 Å². The number of rotatable bonds is 2. The first kappa shape index (κ1) is 11.3. The first-order valence-corrected chi connectivity index (χ1v) is 7.14. The average molecular weight is 302 g/mol. The highest BCUT2D eigenvalue weighted by Crippen LogP contribution is 2.39. The maximum Gasteiger partial charge on any atom is 0.162 e. The van der Waals surface area contributed by atoms with Gasteiger partial charge >= 0.3 is 0 Å². The van der Waals surface area contributed by atoms with Gasteiger partial charge in [-0.15, -0.1) is 22.7 Å². The third kappa shape index (κ3) is 2.13. The molecule has 3 heterocycles. The Morgan fingerprint density at radius 3 is 2.82 bits per heavy atom. The number of hydrogen-bond acceptors (Lipinski definition) is 4. The van der Waals surface area contributed by atoms with Crippen molar-refractivity contribution in [1.29, 1.82) is 0 Å². The molecule has 0 amide bonds. The zero-order chi connectivity index (χ0) is 11.8. The van der Waals surface area contributed by atoms with Gasteiger partial charge < -0.3 is 4.42 Å². The van der Waals surface area contributed by atoms with Crippen molar-refractivity contribution < 1.29 is 4.42 Å². The van der Waals surface area contributed by atoms with Crippen LogP contribution in [0.4, 0.5) is 0 Å². The topological polar surface area (TPSA) is 26.0 Å². The number of halogens is 2. The Balaban J connectivity index is 2.03. The summed E-state index contributed by atoms with van der Waals surface area (Å²) < 4.78 is 6.62. The maximum absolute atomic E-state index is 6.09. The van der Waals surface area contributed by atoms with Crippen LogP contribution in [0.15, 0.2) is 34.3 Å². The number of aromatic nitrogens is 1. The maximum atomic E-state index is 6.09. The van der Waals surface area contributed by atoms with Crippen molar-refractivity contribution in [2.45, 2.75) is 0 Å². The molecule has 0 saturated heterocycles. The monoisotopic (exact) mass is 301 g/mol. The summed E-state index contributed by atoms with van der Waals surface area (Å²) in [5.41, 5.74) is 1.70. The highest BCUT2D eigenvalue weighted by atomic mass is 35.5. The van der Waals surface area contributed by atoms with Gasteiger partial charge in [-0.05, 0) is 18.2 Å². The Hall–Kier alpha value is -0.810. The minimum Gasteiger partial charge on any atom is -0.462 e. The fourth-order valence-corrected chi connectivity index (χ4v) is 3.69. The van der Waals surface area contributed by atoms with Crippen LogP contribution in [0.1, 0.15) is 0 Å². The summed E-state index contributed by atoms with van der Waals surface area (Å²) in [6.07, 6.45) is 1.63. The van der Waals surface area contributed by atoms with Gasteiger partial charge in [0.15, 0.2) is 10.8 Å². The molecule has 0 N–H and O–H groups in total. The van der Waals surface area contributed by atoms with Gasteiger partial charge in [-0.3, -0.25) is 0 Å². The van der Waals surface area contributed by atoms with E-state index in [1.165, 1.54) is 22.7 Å². The smallest absolute Gasteiger partial charge is 0.162 e. The molecule has 0 aliphatic heterocycles. The van der Waals surface area contributed by atoms with Crippen molar-refractivity contribution >= 4 is 45.9 Å². The highest BCUT2D eigenvalue weighted by molar-refractivity contribution is 7.20. The van der Waals surface area contributed by atoms with E-state index in [0.717, 1.165) is 22.0 Å². The van der Waals surface area contributed by atoms with E-state index in [4.69, 9.17) is 27.6 Å². The van der Waals surface area contributed by atoms with Crippen LogP contribution in [0.3, 0.4) is 0 Å². The average Bonchev–Trinajstić information content (AvgIpc) is 2.97. The number of hydrogen-bond donors (Lipinski definition) is 0. The van der Waals surface area contributed by atoms with Crippen LogP contribution < -0.4 is 0 Å². The summed E-state index contributed by atoms with van der Waals surface area (Å²) in [5, 5.41) is 2.78. The first-order chi connectivity index (χ1) is 8.24. The minimum atomic E-state index is 0.659. The number of thiazole rings is 1. The van der Waals surface area contributed by atoms with E-state index in [1.807, 2.05) is 23.6 Å². The Bertz CT molecular complexity index is 642. The van der Waals surface area contributed by atoms with Crippen molar-refractivity contribution in [2.24, 2.45) is 0 Å². The molecule has 6 heteroatoms. The minimum absolute atomic E-state index is 0.659. The van der Waals surface area contributed by atoms with Gasteiger partial charge in [0, 0.05) is 10.9 Å². The van der Waals surface area contributed by atoms with Crippen LogP contribution in [0.2, 0.25) is 8.67 Å². The highest BCUT2D eigenvalue weighted by Gasteiger charge is 2.13. The fraction of sp³-hybridized carbons (Fsp3) is 0. The molecule has 3 rings (SSSR count). The zero-order valence-electron chi connectivity index (χ0n) is 8.31. The predicted molar refractivity (Wildman–Crippen MR) is 73.1 cm³/mol. The molecule has 0 aliphatic rings. The second-order valence-corrected chi connectivity index (χ2v) is 6.40. The zero-order valence-corrected chi connectivity index (χ0v) is 11.5. The molecule has 3 aromatic rings. The lowest BCUT2D eigenvalue weighted by Crippen LogP contribution is -1.75. The van der Waals surface area contributed by atoms with E-state index in [1.54, 1.807) is 6.26 Å². The van der Waals surface area contributed by atoms with Crippen molar-refractivity contribution in [3.63, 3.8) is 0 Å². The summed E-state index contributed by atoms with van der Waals surface area (Å²) in [4.78, 5) is 4.49. The predicted octanol–water partition coefficient (Wildman–Crippen LogP) is 5.44. The molecule has 0 atom stereocenters. The molecular weight excluding hydrogens is 297 g/mol. The van der Waals surface area contributed by atoms with E-state index >= 15 is 0 Å². The molecule has 0 saturated carbocycles. The molecular formula is C11H5Cl2NOS2. The van der Waals surface area contributed by atoms with E-state index in [9.17, 15) is 0 Å². The summed E-state index contributed by atoms with van der Waals surface area (Å²) in [6.45, 7) is 0. The largest absolute Gasteiger partial charge is 0.462 e. The first-order valence-electron chi connectivity index (χ1n) is 4.68. The summed E-state index contributed by atoms with van der Waals surface area (Å²) >= 11 is 14.9. The molecule has 17 heavy (non-hydrogen) atoms. The van der Waals surface area contributed by atoms with E-state index < -0.39 is 0 Å². The normalized spacial score (nSPS) is 10.9. The Labute approximate surface area is 115 Å². The van der Waals surface area contributed by atoms with Crippen molar-refractivity contribution in [3.8, 4) is 22.0 Å². The van der Waals surface area contributed by atoms with Crippen LogP contribution in [0, 0.1) is 0 Å². The molecule has 86 valence electrons. The summed E-state index contributed by atoms with van der Waals surface area (Å²) in [6, 6.07) is 5.55. The van der Waals surface area contributed by atoms with E-state index in [0.29, 0.717) is 8.67 Å². The van der Waals surface area contributed by atoms with Gasteiger partial charge in [0.05, 0.1) is 16.3 Å². The standard InChI is InChI=1S/C11H5Cl2NOS2/c12-9-4-6(10(13)17-9)7-5-16-11(14-7)8-2-1-3-15-8/h1-5H. The molecule has 0 radical (unpaired) electrons. The third-order valence-corrected chi connectivity index (χ3v) is 4.51. The van der Waals surface area contributed by atoms with Crippen LogP contribution in [0.5, 0.6) is 0 Å². The molecule has 0 aliphatic carbocycles. The summed E-state index contributed by atoms with van der Waals surface area (Å²) in [5.74, 6) is 0.763. The molecule has 0 fully saturated rings. The van der Waals surface area contributed by atoms with E-state index in [-0.39, 0.29) is 0 Å². The third-order valence-electron chi connectivity index (χ3n) is 2.17. The number of thiophene rings is 1. The van der Waals surface area contributed by atoms with Crippen LogP contribution >= 0.6 is 45.9 Å². The van der Waals surface area contributed by atoms with Crippen LogP contribution in [0.25, 0.3) is 22.0 Å². The van der Waals surface area contributed by atoms with Gasteiger partial charge in [0.2, 0.25) is 0 Å². The van der Waals surface area contributed by atoms with Crippen LogP contribution in [-0.2, 0) is 0 Å². The summed E-state index contributed by atoms with van der Waals surface area (Å²) in [7, 11) is 0. The van der Waals surface area contributed by atoms with Crippen molar-refractivity contribution in [3.05, 3.63) is 38.5 Å². The second-order valence-electron chi connectivity index (χ2n) is 3.25. The number of nitrogens with zero attached hydrogens (tertiary/aromatic N) is 1. The van der Waals surface area contributed by atoms with Crippen molar-refractivity contribution in [1.82, 2.24) is 4.98 Å². The molecule has 0 aromatic carbocycles. The van der Waals surface area contributed by atoms with Gasteiger partial charge in [-0.1, -0.05) is 23.2 Å². The lowest BCUT2D eigenvalue weighted by Gasteiger charge is -1.91. The number of furan rings is 1. The van der Waals surface area contributed by atoms with Gasteiger partial charge in [-0.25, -0.2) is 4.98 Å². The molecule has 3 aromatic heterocycles. The lowest BCUT2D eigenvalue weighted by atomic mass is 10.3.